The lowest BCUT2D eigenvalue weighted by Gasteiger charge is -2.35. The number of pyridine rings is 1. The summed E-state index contributed by atoms with van der Waals surface area (Å²) in [5, 5.41) is 8.13. The molecule has 31 heavy (non-hydrogen) atoms. The Balaban J connectivity index is 1.52. The van der Waals surface area contributed by atoms with Gasteiger partial charge in [0.25, 0.3) is 11.5 Å². The largest absolute Gasteiger partial charge is 0.333 e. The van der Waals surface area contributed by atoms with Gasteiger partial charge in [0.1, 0.15) is 23.4 Å². The maximum Gasteiger partial charge on any atom is 0.276 e. The van der Waals surface area contributed by atoms with Gasteiger partial charge in [-0.3, -0.25) is 19.0 Å². The van der Waals surface area contributed by atoms with Gasteiger partial charge in [0, 0.05) is 5.92 Å². The van der Waals surface area contributed by atoms with Gasteiger partial charge in [-0.15, -0.1) is 0 Å². The van der Waals surface area contributed by atoms with Crippen molar-refractivity contribution in [1.29, 1.82) is 0 Å². The minimum Gasteiger partial charge on any atom is -0.333 e. The molecule has 0 unspecified atom stereocenters. The maximum absolute atomic E-state index is 14.9. The highest BCUT2D eigenvalue weighted by atomic mass is 35.5. The highest BCUT2D eigenvalue weighted by Gasteiger charge is 2.45. The van der Waals surface area contributed by atoms with E-state index in [-0.39, 0.29) is 39.9 Å². The molecule has 11 heteroatoms. The van der Waals surface area contributed by atoms with Gasteiger partial charge in [-0.05, 0) is 44.6 Å². The summed E-state index contributed by atoms with van der Waals surface area (Å²) in [6.45, 7) is 0. The second-order valence-electron chi connectivity index (χ2n) is 8.21. The number of hydrogen-bond donors (Lipinski definition) is 3. The monoisotopic (exact) mass is 446 g/mol. The fourth-order valence-corrected chi connectivity index (χ4v) is 4.62. The Morgan fingerprint density at radius 3 is 2.61 bits per heavy atom. The van der Waals surface area contributed by atoms with Gasteiger partial charge in [0.15, 0.2) is 11.6 Å². The van der Waals surface area contributed by atoms with Crippen LogP contribution in [-0.4, -0.2) is 26.3 Å². The number of aromatic nitrogens is 3. The summed E-state index contributed by atoms with van der Waals surface area (Å²) in [6.07, 6.45) is 6.61. The molecule has 3 heterocycles. The van der Waals surface area contributed by atoms with Crippen LogP contribution in [0.15, 0.2) is 17.2 Å². The van der Waals surface area contributed by atoms with E-state index in [1.54, 1.807) is 0 Å². The molecular weight excluding hydrogens is 427 g/mol. The molecule has 1 spiro atoms. The van der Waals surface area contributed by atoms with Crippen LogP contribution in [0.5, 0.6) is 0 Å². The van der Waals surface area contributed by atoms with Gasteiger partial charge < -0.3 is 16.0 Å². The van der Waals surface area contributed by atoms with Crippen molar-refractivity contribution in [2.45, 2.75) is 50.6 Å². The zero-order valence-electron chi connectivity index (χ0n) is 16.5. The highest BCUT2D eigenvalue weighted by Crippen LogP contribution is 2.38. The number of anilines is 3. The van der Waals surface area contributed by atoms with Gasteiger partial charge in [0.2, 0.25) is 11.7 Å². The molecule has 162 valence electrons. The van der Waals surface area contributed by atoms with Gasteiger partial charge in [-0.2, -0.15) is 4.39 Å². The Bertz CT molecular complexity index is 1160. The van der Waals surface area contributed by atoms with Crippen molar-refractivity contribution >= 4 is 40.7 Å². The van der Waals surface area contributed by atoms with Crippen LogP contribution in [0.2, 0.25) is 5.02 Å². The van der Waals surface area contributed by atoms with E-state index in [1.807, 2.05) is 0 Å². The average molecular weight is 447 g/mol. The highest BCUT2D eigenvalue weighted by molar-refractivity contribution is 6.34. The minimum absolute atomic E-state index is 0.0210. The third kappa shape index (κ3) is 3.34. The molecule has 2 saturated carbocycles. The molecule has 9 nitrogen and oxygen atoms in total. The fourth-order valence-electron chi connectivity index (χ4n) is 4.34. The number of fused-ring (bicyclic) bond motifs is 2. The summed E-state index contributed by atoms with van der Waals surface area (Å²) >= 11 is 6.35. The Hall–Kier alpha value is -3.01. The molecule has 2 aromatic heterocycles. The molecule has 5 rings (SSSR count). The first-order valence-corrected chi connectivity index (χ1v) is 10.6. The second kappa shape index (κ2) is 7.30. The first-order chi connectivity index (χ1) is 14.9. The molecule has 2 aromatic rings. The van der Waals surface area contributed by atoms with E-state index >= 15 is 0 Å². The van der Waals surface area contributed by atoms with E-state index in [4.69, 9.17) is 11.6 Å². The van der Waals surface area contributed by atoms with Gasteiger partial charge >= 0.3 is 0 Å². The smallest absolute Gasteiger partial charge is 0.276 e. The van der Waals surface area contributed by atoms with Crippen LogP contribution in [0.4, 0.5) is 21.7 Å². The average Bonchev–Trinajstić information content (AvgIpc) is 3.55. The van der Waals surface area contributed by atoms with Crippen LogP contribution < -0.4 is 21.5 Å². The van der Waals surface area contributed by atoms with Crippen molar-refractivity contribution in [3.05, 3.63) is 39.3 Å². The zero-order chi connectivity index (χ0) is 21.8. The lowest BCUT2D eigenvalue weighted by Crippen LogP contribution is -2.48. The van der Waals surface area contributed by atoms with Crippen LogP contribution >= 0.6 is 11.6 Å². The lowest BCUT2D eigenvalue weighted by molar-refractivity contribution is -0.117. The predicted octanol–water partition coefficient (Wildman–Crippen LogP) is 2.88. The van der Waals surface area contributed by atoms with Gasteiger partial charge in [-0.1, -0.05) is 18.0 Å². The molecule has 3 aliphatic rings. The van der Waals surface area contributed by atoms with E-state index in [0.717, 1.165) is 38.4 Å². The van der Waals surface area contributed by atoms with Crippen LogP contribution in [0.1, 0.15) is 55.4 Å². The lowest BCUT2D eigenvalue weighted by atomic mass is 9.89. The van der Waals surface area contributed by atoms with Crippen molar-refractivity contribution in [2.24, 2.45) is 5.92 Å². The standard InChI is InChI=1S/C20H20ClFN6O3/c21-11-8-12(19(31)28-14(11)18(30)27-20(28)6-2-1-3-7-20)25-15-13(22)16(24-9-23-15)26-17(29)10-4-5-10/h8-10H,1-7H2,(H,27,30)(H2,23,24,25,26,29). The van der Waals surface area contributed by atoms with E-state index in [1.165, 1.54) is 10.6 Å². The van der Waals surface area contributed by atoms with E-state index in [2.05, 4.69) is 25.9 Å². The number of halogens is 2. The maximum atomic E-state index is 14.9. The molecular formula is C20H20ClFN6O3. The molecule has 0 aromatic carbocycles. The summed E-state index contributed by atoms with van der Waals surface area (Å²) in [7, 11) is 0. The van der Waals surface area contributed by atoms with E-state index < -0.39 is 22.9 Å². The Morgan fingerprint density at radius 2 is 1.90 bits per heavy atom. The number of carbonyl (C=O) groups excluding carboxylic acids is 2. The van der Waals surface area contributed by atoms with Gasteiger partial charge in [0.05, 0.1) is 5.02 Å². The molecule has 0 bridgehead atoms. The van der Waals surface area contributed by atoms with Crippen molar-refractivity contribution < 1.29 is 14.0 Å². The van der Waals surface area contributed by atoms with E-state index in [0.29, 0.717) is 12.8 Å². The van der Waals surface area contributed by atoms with Crippen molar-refractivity contribution in [1.82, 2.24) is 19.9 Å². The van der Waals surface area contributed by atoms with Crippen molar-refractivity contribution in [3.8, 4) is 0 Å². The summed E-state index contributed by atoms with van der Waals surface area (Å²) in [6, 6.07) is 1.29. The third-order valence-electron chi connectivity index (χ3n) is 6.06. The van der Waals surface area contributed by atoms with Crippen LogP contribution in [0, 0.1) is 11.7 Å². The summed E-state index contributed by atoms with van der Waals surface area (Å²) < 4.78 is 16.3. The third-order valence-corrected chi connectivity index (χ3v) is 6.34. The zero-order valence-corrected chi connectivity index (χ0v) is 17.3. The molecule has 2 aliphatic carbocycles. The molecule has 0 saturated heterocycles. The number of nitrogens with zero attached hydrogens (tertiary/aromatic N) is 3. The molecule has 0 atom stereocenters. The molecule has 0 radical (unpaired) electrons. The van der Waals surface area contributed by atoms with Crippen molar-refractivity contribution in [2.75, 3.05) is 10.6 Å². The van der Waals surface area contributed by atoms with E-state index in [9.17, 15) is 18.8 Å². The normalized spacial score (nSPS) is 19.1. The van der Waals surface area contributed by atoms with Crippen LogP contribution in [0.25, 0.3) is 0 Å². The molecule has 2 amide bonds. The molecule has 2 fully saturated rings. The van der Waals surface area contributed by atoms with Crippen LogP contribution in [0.3, 0.4) is 0 Å². The predicted molar refractivity (Wildman–Crippen MR) is 111 cm³/mol. The van der Waals surface area contributed by atoms with Gasteiger partial charge in [-0.25, -0.2) is 9.97 Å². The number of rotatable bonds is 4. The topological polar surface area (TPSA) is 118 Å². The number of amides is 2. The Labute approximate surface area is 181 Å². The van der Waals surface area contributed by atoms with Crippen molar-refractivity contribution in [3.63, 3.8) is 0 Å². The molecule has 1 aliphatic heterocycles. The summed E-state index contributed by atoms with van der Waals surface area (Å²) in [5.74, 6) is -2.24. The second-order valence-corrected chi connectivity index (χ2v) is 8.62. The van der Waals surface area contributed by atoms with Crippen LogP contribution in [-0.2, 0) is 10.5 Å². The SMILES string of the molecule is O=C1NC2(CCCCC2)n2c1c(Cl)cc(Nc1ncnc(NC(=O)C3CC3)c1F)c2=O. The number of nitrogens with one attached hydrogen (secondary N) is 3. The first-order valence-electron chi connectivity index (χ1n) is 10.3. The Kier molecular flexibility index (Phi) is 4.69. The Morgan fingerprint density at radius 1 is 1.19 bits per heavy atom. The minimum atomic E-state index is -0.890. The quantitative estimate of drug-likeness (QED) is 0.664. The fraction of sp³-hybridized carbons (Fsp3) is 0.450. The molecule has 3 N–H and O–H groups in total. The first kappa shape index (κ1) is 19.9. The summed E-state index contributed by atoms with van der Waals surface area (Å²) in [4.78, 5) is 45.5. The summed E-state index contributed by atoms with van der Waals surface area (Å²) in [5.41, 5.74) is -1.23. The number of carbonyl (C=O) groups is 2. The number of hydrogen-bond acceptors (Lipinski definition) is 6.